The topological polar surface area (TPSA) is 29.9 Å². The molecule has 0 spiro atoms. The highest BCUT2D eigenvalue weighted by molar-refractivity contribution is 9.10. The molecule has 0 aliphatic heterocycles. The van der Waals surface area contributed by atoms with E-state index in [9.17, 15) is 4.39 Å². The van der Waals surface area contributed by atoms with Crippen LogP contribution in [0.2, 0.25) is 0 Å². The molecule has 1 atom stereocenters. The minimum absolute atomic E-state index is 0.230. The van der Waals surface area contributed by atoms with E-state index in [1.165, 1.54) is 6.07 Å². The Morgan fingerprint density at radius 2 is 2.10 bits per heavy atom. The van der Waals surface area contributed by atoms with Gasteiger partial charge in [0.15, 0.2) is 0 Å². The number of hydrogen-bond donors (Lipinski definition) is 1. The molecule has 0 fully saturated rings. The number of rotatable bonds is 6. The first kappa shape index (κ1) is 16.6. The molecule has 21 heavy (non-hydrogen) atoms. The molecule has 1 aromatic heterocycles. The highest BCUT2D eigenvalue weighted by Crippen LogP contribution is 2.31. The van der Waals surface area contributed by atoms with E-state index in [0.29, 0.717) is 5.56 Å². The lowest BCUT2D eigenvalue weighted by Crippen LogP contribution is -2.26. The van der Waals surface area contributed by atoms with Crippen molar-refractivity contribution in [1.29, 1.82) is 0 Å². The maximum absolute atomic E-state index is 14.4. The fourth-order valence-electron chi connectivity index (χ4n) is 2.34. The number of aromatic nitrogens is 2. The molecule has 6 heteroatoms. The van der Waals surface area contributed by atoms with Crippen LogP contribution in [0, 0.1) is 5.82 Å². The van der Waals surface area contributed by atoms with E-state index in [1.54, 1.807) is 6.20 Å². The van der Waals surface area contributed by atoms with Gasteiger partial charge in [0, 0.05) is 16.6 Å². The summed E-state index contributed by atoms with van der Waals surface area (Å²) in [5, 5.41) is 7.73. The van der Waals surface area contributed by atoms with E-state index >= 15 is 0 Å². The smallest absolute Gasteiger partial charge is 0.129 e. The Kier molecular flexibility index (Phi) is 5.96. The van der Waals surface area contributed by atoms with E-state index in [-0.39, 0.29) is 11.9 Å². The van der Waals surface area contributed by atoms with Crippen molar-refractivity contribution in [3.05, 3.63) is 50.4 Å². The summed E-state index contributed by atoms with van der Waals surface area (Å²) in [6.45, 7) is 5.66. The van der Waals surface area contributed by atoms with Gasteiger partial charge in [0.05, 0.1) is 22.4 Å². The van der Waals surface area contributed by atoms with Gasteiger partial charge in [-0.2, -0.15) is 5.10 Å². The van der Waals surface area contributed by atoms with Gasteiger partial charge >= 0.3 is 0 Å². The summed E-state index contributed by atoms with van der Waals surface area (Å²) >= 11 is 6.84. The summed E-state index contributed by atoms with van der Waals surface area (Å²) in [6.07, 6.45) is 2.74. The van der Waals surface area contributed by atoms with Crippen molar-refractivity contribution in [1.82, 2.24) is 15.1 Å². The molecule has 3 nitrogen and oxygen atoms in total. The van der Waals surface area contributed by atoms with Gasteiger partial charge in [-0.15, -0.1) is 0 Å². The molecule has 1 heterocycles. The number of benzene rings is 1. The third kappa shape index (κ3) is 3.73. The molecule has 0 amide bonds. The van der Waals surface area contributed by atoms with Gasteiger partial charge in [0.1, 0.15) is 5.82 Å². The molecule has 0 saturated heterocycles. The summed E-state index contributed by atoms with van der Waals surface area (Å²) in [7, 11) is 0. The zero-order valence-corrected chi connectivity index (χ0v) is 15.2. The van der Waals surface area contributed by atoms with Crippen molar-refractivity contribution < 1.29 is 4.39 Å². The van der Waals surface area contributed by atoms with Gasteiger partial charge < -0.3 is 5.32 Å². The van der Waals surface area contributed by atoms with Crippen molar-refractivity contribution in [3.8, 4) is 0 Å². The lowest BCUT2D eigenvalue weighted by molar-refractivity contribution is 0.500. The number of nitrogens with zero attached hydrogens (tertiary/aromatic N) is 2. The second kappa shape index (κ2) is 7.51. The third-order valence-electron chi connectivity index (χ3n) is 3.22. The van der Waals surface area contributed by atoms with Crippen LogP contribution in [-0.4, -0.2) is 16.3 Å². The molecular formula is C15H18Br2FN3. The third-order valence-corrected chi connectivity index (χ3v) is 4.33. The summed E-state index contributed by atoms with van der Waals surface area (Å²) in [5.74, 6) is -0.230. The molecule has 2 rings (SSSR count). The van der Waals surface area contributed by atoms with E-state index < -0.39 is 0 Å². The van der Waals surface area contributed by atoms with E-state index in [2.05, 4.69) is 49.2 Å². The maximum Gasteiger partial charge on any atom is 0.129 e. The van der Waals surface area contributed by atoms with E-state index in [1.807, 2.05) is 23.7 Å². The van der Waals surface area contributed by atoms with E-state index in [0.717, 1.165) is 34.1 Å². The summed E-state index contributed by atoms with van der Waals surface area (Å²) < 4.78 is 17.9. The van der Waals surface area contributed by atoms with Crippen molar-refractivity contribution in [2.45, 2.75) is 32.9 Å². The molecule has 1 unspecified atom stereocenters. The van der Waals surface area contributed by atoms with Crippen LogP contribution in [0.25, 0.3) is 0 Å². The number of aryl methyl sites for hydroxylation is 1. The lowest BCUT2D eigenvalue weighted by atomic mass is 10.0. The summed E-state index contributed by atoms with van der Waals surface area (Å²) in [6, 6.07) is 4.93. The minimum atomic E-state index is -0.230. The van der Waals surface area contributed by atoms with Crippen LogP contribution in [0.5, 0.6) is 0 Å². The molecule has 0 saturated carbocycles. The number of hydrogen-bond acceptors (Lipinski definition) is 2. The first-order valence-electron chi connectivity index (χ1n) is 6.98. The predicted molar refractivity (Wildman–Crippen MR) is 89.8 cm³/mol. The molecule has 0 aliphatic rings. The minimum Gasteiger partial charge on any atom is -0.305 e. The van der Waals surface area contributed by atoms with Crippen LogP contribution >= 0.6 is 31.9 Å². The first-order chi connectivity index (χ1) is 10.1. The first-order valence-corrected chi connectivity index (χ1v) is 8.56. The fraction of sp³-hybridized carbons (Fsp3) is 0.400. The van der Waals surface area contributed by atoms with Crippen molar-refractivity contribution in [2.75, 3.05) is 6.54 Å². The van der Waals surface area contributed by atoms with Crippen LogP contribution in [0.4, 0.5) is 4.39 Å². The zero-order valence-electron chi connectivity index (χ0n) is 12.0. The number of nitrogens with one attached hydrogen (secondary N) is 1. The van der Waals surface area contributed by atoms with Crippen molar-refractivity contribution >= 4 is 31.9 Å². The second-order valence-corrected chi connectivity index (χ2v) is 6.53. The molecule has 0 radical (unpaired) electrons. The Balaban J connectivity index is 2.50. The fourth-order valence-corrected chi connectivity index (χ4v) is 3.20. The Hall–Kier alpha value is -0.720. The number of halogens is 3. The van der Waals surface area contributed by atoms with Crippen molar-refractivity contribution in [3.63, 3.8) is 0 Å². The van der Waals surface area contributed by atoms with Crippen LogP contribution in [0.3, 0.4) is 0 Å². The second-order valence-electron chi connectivity index (χ2n) is 4.76. The summed E-state index contributed by atoms with van der Waals surface area (Å²) in [4.78, 5) is 0. The van der Waals surface area contributed by atoms with Gasteiger partial charge in [-0.25, -0.2) is 4.39 Å². The Labute approximate surface area is 141 Å². The van der Waals surface area contributed by atoms with Gasteiger partial charge in [-0.3, -0.25) is 4.68 Å². The maximum atomic E-state index is 14.4. The van der Waals surface area contributed by atoms with Crippen molar-refractivity contribution in [2.24, 2.45) is 0 Å². The summed E-state index contributed by atoms with van der Waals surface area (Å²) in [5.41, 5.74) is 1.58. The molecular weight excluding hydrogens is 401 g/mol. The standard InChI is InChI=1S/C15H18Br2FN3/c1-3-7-21-15(12(17)9-20-21)14(19-4-2)11-6-5-10(16)8-13(11)18/h5-6,8-9,14,19H,3-4,7H2,1-2H3. The van der Waals surface area contributed by atoms with Gasteiger partial charge in [0.2, 0.25) is 0 Å². The van der Waals surface area contributed by atoms with Crippen LogP contribution in [0.15, 0.2) is 33.3 Å². The average Bonchev–Trinajstić information content (AvgIpc) is 2.79. The Morgan fingerprint density at radius 1 is 1.33 bits per heavy atom. The van der Waals surface area contributed by atoms with E-state index in [4.69, 9.17) is 0 Å². The lowest BCUT2D eigenvalue weighted by Gasteiger charge is -2.21. The van der Waals surface area contributed by atoms with Crippen LogP contribution < -0.4 is 5.32 Å². The highest BCUT2D eigenvalue weighted by Gasteiger charge is 2.23. The predicted octanol–water partition coefficient (Wildman–Crippen LogP) is 4.66. The zero-order chi connectivity index (χ0) is 15.4. The molecule has 1 aromatic carbocycles. The Morgan fingerprint density at radius 3 is 2.71 bits per heavy atom. The largest absolute Gasteiger partial charge is 0.305 e. The molecule has 1 N–H and O–H groups in total. The van der Waals surface area contributed by atoms with Crippen LogP contribution in [0.1, 0.15) is 37.6 Å². The van der Waals surface area contributed by atoms with Gasteiger partial charge in [-0.05, 0) is 41.0 Å². The SMILES string of the molecule is CCCn1ncc(Br)c1C(NCC)c1ccc(Br)cc1F. The monoisotopic (exact) mass is 417 g/mol. The molecule has 2 aromatic rings. The molecule has 114 valence electrons. The van der Waals surface area contributed by atoms with Gasteiger partial charge in [0.25, 0.3) is 0 Å². The van der Waals surface area contributed by atoms with Gasteiger partial charge in [-0.1, -0.05) is 35.8 Å². The molecule has 0 aliphatic carbocycles. The van der Waals surface area contributed by atoms with Crippen LogP contribution in [-0.2, 0) is 6.54 Å². The molecule has 0 bridgehead atoms. The Bertz CT molecular complexity index is 613. The average molecular weight is 419 g/mol. The highest BCUT2D eigenvalue weighted by atomic mass is 79.9. The quantitative estimate of drug-likeness (QED) is 0.739. The normalized spacial score (nSPS) is 12.6.